The fourth-order valence-corrected chi connectivity index (χ4v) is 3.43. The van der Waals surface area contributed by atoms with Crippen molar-refractivity contribution in [1.82, 2.24) is 0 Å². The molecule has 3 heteroatoms. The van der Waals surface area contributed by atoms with Gasteiger partial charge in [-0.05, 0) is 44.4 Å². The van der Waals surface area contributed by atoms with Gasteiger partial charge < -0.3 is 10.8 Å². The van der Waals surface area contributed by atoms with Crippen molar-refractivity contribution >= 4 is 5.97 Å². The van der Waals surface area contributed by atoms with Gasteiger partial charge in [0.15, 0.2) is 0 Å². The molecule has 2 aliphatic carbocycles. The molecule has 3 nitrogen and oxygen atoms in total. The monoisotopic (exact) mass is 211 g/mol. The number of carbonyl (C=O) groups is 1. The maximum atomic E-state index is 11.5. The van der Waals surface area contributed by atoms with E-state index in [1.54, 1.807) is 0 Å². The maximum absolute atomic E-state index is 11.5. The van der Waals surface area contributed by atoms with E-state index in [-0.39, 0.29) is 6.04 Å². The Morgan fingerprint density at radius 1 is 1.13 bits per heavy atom. The lowest BCUT2D eigenvalue weighted by Crippen LogP contribution is -2.43. The largest absolute Gasteiger partial charge is 0.481 e. The summed E-state index contributed by atoms with van der Waals surface area (Å²) < 4.78 is 0. The van der Waals surface area contributed by atoms with Gasteiger partial charge >= 0.3 is 5.97 Å². The molecule has 0 atom stereocenters. The Morgan fingerprint density at radius 2 is 1.67 bits per heavy atom. The molecule has 0 aromatic heterocycles. The van der Waals surface area contributed by atoms with Gasteiger partial charge in [-0.3, -0.25) is 4.79 Å². The highest BCUT2D eigenvalue weighted by molar-refractivity contribution is 5.75. The fraction of sp³-hybridized carbons (Fsp3) is 0.917. The predicted octanol–water partition coefficient (Wildman–Crippen LogP) is 2.15. The van der Waals surface area contributed by atoms with Crippen LogP contribution in [0, 0.1) is 11.3 Å². The van der Waals surface area contributed by atoms with Crippen molar-refractivity contribution in [2.45, 2.75) is 57.4 Å². The Balaban J connectivity index is 2.13. The molecule has 0 bridgehead atoms. The molecule has 0 heterocycles. The lowest BCUT2D eigenvalue weighted by atomic mass is 9.64. The summed E-state index contributed by atoms with van der Waals surface area (Å²) in [6.45, 7) is 0. The third kappa shape index (κ3) is 1.89. The van der Waals surface area contributed by atoms with Crippen molar-refractivity contribution in [3.05, 3.63) is 0 Å². The van der Waals surface area contributed by atoms with Crippen molar-refractivity contribution in [1.29, 1.82) is 0 Å². The Labute approximate surface area is 91.0 Å². The zero-order valence-electron chi connectivity index (χ0n) is 9.24. The molecular weight excluding hydrogens is 190 g/mol. The van der Waals surface area contributed by atoms with Gasteiger partial charge in [0, 0.05) is 6.04 Å². The minimum atomic E-state index is -0.568. The molecule has 15 heavy (non-hydrogen) atoms. The van der Waals surface area contributed by atoms with E-state index in [4.69, 9.17) is 5.73 Å². The number of aliphatic carboxylic acids is 1. The highest BCUT2D eigenvalue weighted by atomic mass is 16.4. The van der Waals surface area contributed by atoms with Gasteiger partial charge in [-0.15, -0.1) is 0 Å². The van der Waals surface area contributed by atoms with Crippen LogP contribution in [0.15, 0.2) is 0 Å². The molecule has 86 valence electrons. The van der Waals surface area contributed by atoms with E-state index in [9.17, 15) is 9.90 Å². The van der Waals surface area contributed by atoms with Gasteiger partial charge in [-0.2, -0.15) is 0 Å². The first-order chi connectivity index (χ1) is 7.15. The van der Waals surface area contributed by atoms with E-state index in [0.29, 0.717) is 5.92 Å². The summed E-state index contributed by atoms with van der Waals surface area (Å²) in [5, 5.41) is 9.49. The first-order valence-corrected chi connectivity index (χ1v) is 6.14. The average Bonchev–Trinajstić information content (AvgIpc) is 2.72. The lowest BCUT2D eigenvalue weighted by molar-refractivity contribution is -0.155. The molecule has 2 saturated carbocycles. The van der Waals surface area contributed by atoms with Crippen LogP contribution in [0.3, 0.4) is 0 Å². The van der Waals surface area contributed by atoms with Gasteiger partial charge in [0.25, 0.3) is 0 Å². The van der Waals surface area contributed by atoms with Crippen LogP contribution in [0.1, 0.15) is 51.4 Å². The number of hydrogen-bond acceptors (Lipinski definition) is 2. The molecule has 0 radical (unpaired) electrons. The third-order valence-corrected chi connectivity index (χ3v) is 4.49. The molecule has 0 unspecified atom stereocenters. The smallest absolute Gasteiger partial charge is 0.309 e. The Bertz CT molecular complexity index is 238. The molecule has 0 saturated heterocycles. The molecule has 2 rings (SSSR count). The van der Waals surface area contributed by atoms with Crippen LogP contribution in [-0.4, -0.2) is 17.1 Å². The third-order valence-electron chi connectivity index (χ3n) is 4.49. The van der Waals surface area contributed by atoms with Crippen molar-refractivity contribution < 1.29 is 9.90 Å². The molecule has 0 spiro atoms. The van der Waals surface area contributed by atoms with Crippen molar-refractivity contribution in [3.8, 4) is 0 Å². The van der Waals surface area contributed by atoms with E-state index >= 15 is 0 Å². The number of hydrogen-bond donors (Lipinski definition) is 2. The molecule has 3 N–H and O–H groups in total. The van der Waals surface area contributed by atoms with Crippen molar-refractivity contribution in [2.24, 2.45) is 17.1 Å². The second-order valence-corrected chi connectivity index (χ2v) is 5.28. The summed E-state index contributed by atoms with van der Waals surface area (Å²) >= 11 is 0. The summed E-state index contributed by atoms with van der Waals surface area (Å²) in [5.41, 5.74) is 5.44. The second-order valence-electron chi connectivity index (χ2n) is 5.28. The molecule has 0 aliphatic heterocycles. The topological polar surface area (TPSA) is 63.3 Å². The van der Waals surface area contributed by atoms with Gasteiger partial charge in [0.1, 0.15) is 0 Å². The van der Waals surface area contributed by atoms with E-state index in [0.717, 1.165) is 38.5 Å². The SMILES string of the molecule is NC1CCC(C(=O)O)(C2CCCC2)CC1. The van der Waals surface area contributed by atoms with Crippen LogP contribution in [0.2, 0.25) is 0 Å². The van der Waals surface area contributed by atoms with E-state index in [2.05, 4.69) is 0 Å². The normalized spacial score (nSPS) is 38.1. The quantitative estimate of drug-likeness (QED) is 0.735. The second kappa shape index (κ2) is 4.12. The van der Waals surface area contributed by atoms with Crippen molar-refractivity contribution in [3.63, 3.8) is 0 Å². The number of carboxylic acid groups (broad SMARTS) is 1. The summed E-state index contributed by atoms with van der Waals surface area (Å²) in [7, 11) is 0. The molecule has 0 amide bonds. The Morgan fingerprint density at radius 3 is 2.13 bits per heavy atom. The van der Waals surface area contributed by atoms with Gasteiger partial charge in [0.05, 0.1) is 5.41 Å². The summed E-state index contributed by atoms with van der Waals surface area (Å²) in [4.78, 5) is 11.5. The number of carboxylic acids is 1. The van der Waals surface area contributed by atoms with Gasteiger partial charge in [-0.1, -0.05) is 12.8 Å². The van der Waals surface area contributed by atoms with Gasteiger partial charge in [0.2, 0.25) is 0 Å². The molecule has 2 fully saturated rings. The van der Waals surface area contributed by atoms with Crippen LogP contribution in [-0.2, 0) is 4.79 Å². The standard InChI is InChI=1S/C12H21NO2/c13-10-5-7-12(8-6-10,11(14)15)9-3-1-2-4-9/h9-10H,1-8,13H2,(H,14,15). The van der Waals surface area contributed by atoms with Gasteiger partial charge in [-0.25, -0.2) is 0 Å². The maximum Gasteiger partial charge on any atom is 0.309 e. The van der Waals surface area contributed by atoms with E-state index in [1.165, 1.54) is 12.8 Å². The summed E-state index contributed by atoms with van der Waals surface area (Å²) in [6.07, 6.45) is 8.04. The van der Waals surface area contributed by atoms with Crippen molar-refractivity contribution in [2.75, 3.05) is 0 Å². The minimum Gasteiger partial charge on any atom is -0.481 e. The van der Waals surface area contributed by atoms with Crippen LogP contribution < -0.4 is 5.73 Å². The van der Waals surface area contributed by atoms with Crippen LogP contribution in [0.4, 0.5) is 0 Å². The first-order valence-electron chi connectivity index (χ1n) is 6.14. The Hall–Kier alpha value is -0.570. The summed E-state index contributed by atoms with van der Waals surface area (Å²) in [5.74, 6) is -0.149. The van der Waals surface area contributed by atoms with Crippen LogP contribution in [0.5, 0.6) is 0 Å². The average molecular weight is 211 g/mol. The predicted molar refractivity (Wildman–Crippen MR) is 58.5 cm³/mol. The minimum absolute atomic E-state index is 0.235. The Kier molecular flexibility index (Phi) is 3.01. The van der Waals surface area contributed by atoms with E-state index < -0.39 is 11.4 Å². The molecule has 0 aromatic carbocycles. The molecular formula is C12H21NO2. The first kappa shape index (κ1) is 10.9. The number of rotatable bonds is 2. The van der Waals surface area contributed by atoms with Crippen LogP contribution in [0.25, 0.3) is 0 Å². The highest BCUT2D eigenvalue weighted by Gasteiger charge is 2.47. The fourth-order valence-electron chi connectivity index (χ4n) is 3.43. The summed E-state index contributed by atoms with van der Waals surface area (Å²) in [6, 6.07) is 0.235. The van der Waals surface area contributed by atoms with E-state index in [1.807, 2.05) is 0 Å². The lowest BCUT2D eigenvalue weighted by Gasteiger charge is -2.40. The molecule has 2 aliphatic rings. The molecule has 0 aromatic rings. The highest BCUT2D eigenvalue weighted by Crippen LogP contribution is 2.49. The van der Waals surface area contributed by atoms with Crippen LogP contribution >= 0.6 is 0 Å². The number of nitrogens with two attached hydrogens (primary N) is 1. The zero-order chi connectivity index (χ0) is 10.9. The zero-order valence-corrected chi connectivity index (χ0v) is 9.24.